The lowest BCUT2D eigenvalue weighted by atomic mass is 10.1. The van der Waals surface area contributed by atoms with Crippen molar-refractivity contribution in [3.05, 3.63) is 75.8 Å². The van der Waals surface area contributed by atoms with Gasteiger partial charge in [-0.05, 0) is 60.1 Å². The summed E-state index contributed by atoms with van der Waals surface area (Å²) in [5.41, 5.74) is 2.08. The zero-order valence-electron chi connectivity index (χ0n) is 17.4. The predicted molar refractivity (Wildman–Crippen MR) is 122 cm³/mol. The summed E-state index contributed by atoms with van der Waals surface area (Å²) in [6, 6.07) is 13.7. The summed E-state index contributed by atoms with van der Waals surface area (Å²) in [5.74, 6) is 0.857. The van der Waals surface area contributed by atoms with Crippen molar-refractivity contribution >= 4 is 28.2 Å². The van der Waals surface area contributed by atoms with Crippen molar-refractivity contribution < 1.29 is 9.13 Å². The minimum absolute atomic E-state index is 0.163. The van der Waals surface area contributed by atoms with E-state index in [1.807, 2.05) is 29.2 Å². The van der Waals surface area contributed by atoms with Gasteiger partial charge < -0.3 is 19.9 Å². The Kier molecular flexibility index (Phi) is 7.05. The van der Waals surface area contributed by atoms with Crippen LogP contribution in [0, 0.1) is 11.7 Å². The molecule has 7 heteroatoms. The van der Waals surface area contributed by atoms with Gasteiger partial charge in [-0.2, -0.15) is 0 Å². The van der Waals surface area contributed by atoms with Crippen molar-refractivity contribution in [1.29, 1.82) is 0 Å². The molecule has 2 N–H and O–H groups in total. The zero-order valence-corrected chi connectivity index (χ0v) is 18.2. The van der Waals surface area contributed by atoms with Gasteiger partial charge in [0.2, 0.25) is 0 Å². The van der Waals surface area contributed by atoms with Gasteiger partial charge >= 0.3 is 0 Å². The molecule has 0 aliphatic heterocycles. The van der Waals surface area contributed by atoms with Crippen LogP contribution in [0.15, 0.2) is 53.3 Å². The van der Waals surface area contributed by atoms with E-state index in [4.69, 9.17) is 17.0 Å². The Morgan fingerprint density at radius 1 is 1.17 bits per heavy atom. The number of ether oxygens (including phenoxy) is 1. The summed E-state index contributed by atoms with van der Waals surface area (Å²) < 4.78 is 18.6. The minimum atomic E-state index is -0.286. The summed E-state index contributed by atoms with van der Waals surface area (Å²) in [5, 5.41) is 4.70. The largest absolute Gasteiger partial charge is 0.497 e. The summed E-state index contributed by atoms with van der Waals surface area (Å²) in [4.78, 5) is 17.5. The van der Waals surface area contributed by atoms with Crippen LogP contribution in [0.25, 0.3) is 10.9 Å². The van der Waals surface area contributed by atoms with E-state index >= 15 is 0 Å². The van der Waals surface area contributed by atoms with Crippen molar-refractivity contribution in [3.8, 4) is 5.75 Å². The standard InChI is InChI=1S/C23H26FN3O2S/c1-15(2)12-25-23(30)27(13-16-4-6-19(24)7-5-16)14-18-10-17-11-20(29-3)8-9-21(17)26-22(18)28/h4-11,15H,12-14H2,1-3H3,(H,25,30)(H,26,28). The van der Waals surface area contributed by atoms with E-state index in [0.29, 0.717) is 29.7 Å². The SMILES string of the molecule is COc1ccc2[nH]c(=O)c(CN(Cc3ccc(F)cc3)C(=S)NCC(C)C)cc2c1. The highest BCUT2D eigenvalue weighted by Gasteiger charge is 2.15. The van der Waals surface area contributed by atoms with E-state index in [0.717, 1.165) is 28.8 Å². The molecule has 0 saturated heterocycles. The Morgan fingerprint density at radius 2 is 1.90 bits per heavy atom. The Labute approximate surface area is 180 Å². The van der Waals surface area contributed by atoms with Crippen LogP contribution in [0.3, 0.4) is 0 Å². The molecule has 0 aliphatic carbocycles. The number of fused-ring (bicyclic) bond motifs is 1. The molecule has 0 aliphatic rings. The number of hydrogen-bond acceptors (Lipinski definition) is 3. The highest BCUT2D eigenvalue weighted by molar-refractivity contribution is 7.80. The predicted octanol–water partition coefficient (Wildman–Crippen LogP) is 4.21. The summed E-state index contributed by atoms with van der Waals surface area (Å²) in [6.45, 7) is 5.70. The van der Waals surface area contributed by atoms with E-state index < -0.39 is 0 Å². The van der Waals surface area contributed by atoms with Crippen molar-refractivity contribution in [3.63, 3.8) is 0 Å². The third-order valence-corrected chi connectivity index (χ3v) is 5.13. The first-order chi connectivity index (χ1) is 14.4. The van der Waals surface area contributed by atoms with Crippen LogP contribution >= 0.6 is 12.2 Å². The summed E-state index contributed by atoms with van der Waals surface area (Å²) in [6.07, 6.45) is 0. The van der Waals surface area contributed by atoms with Crippen LogP contribution in [0.5, 0.6) is 5.75 Å². The minimum Gasteiger partial charge on any atom is -0.497 e. The number of benzene rings is 2. The fourth-order valence-corrected chi connectivity index (χ4v) is 3.31. The van der Waals surface area contributed by atoms with Crippen LogP contribution in [-0.2, 0) is 13.1 Å². The molecule has 0 saturated carbocycles. The van der Waals surface area contributed by atoms with Crippen molar-refractivity contribution in [2.24, 2.45) is 5.92 Å². The lowest BCUT2D eigenvalue weighted by molar-refractivity contribution is 0.394. The second-order valence-electron chi connectivity index (χ2n) is 7.64. The highest BCUT2D eigenvalue weighted by Crippen LogP contribution is 2.19. The lowest BCUT2D eigenvalue weighted by Crippen LogP contribution is -2.41. The van der Waals surface area contributed by atoms with Crippen molar-refractivity contribution in [2.45, 2.75) is 26.9 Å². The molecule has 0 atom stereocenters. The number of methoxy groups -OCH3 is 1. The smallest absolute Gasteiger partial charge is 0.253 e. The number of aromatic nitrogens is 1. The third-order valence-electron chi connectivity index (χ3n) is 4.72. The maximum absolute atomic E-state index is 13.3. The lowest BCUT2D eigenvalue weighted by Gasteiger charge is -2.26. The molecule has 30 heavy (non-hydrogen) atoms. The van der Waals surface area contributed by atoms with E-state index in [9.17, 15) is 9.18 Å². The van der Waals surface area contributed by atoms with Gasteiger partial charge in [-0.3, -0.25) is 4.79 Å². The van der Waals surface area contributed by atoms with Gasteiger partial charge in [0.15, 0.2) is 5.11 Å². The van der Waals surface area contributed by atoms with Crippen LogP contribution < -0.4 is 15.6 Å². The first-order valence-corrected chi connectivity index (χ1v) is 10.2. The van der Waals surface area contributed by atoms with E-state index in [2.05, 4.69) is 24.1 Å². The Bertz CT molecular complexity index is 1080. The van der Waals surface area contributed by atoms with Gasteiger partial charge in [-0.25, -0.2) is 4.39 Å². The van der Waals surface area contributed by atoms with Crippen LogP contribution in [0.1, 0.15) is 25.0 Å². The topological polar surface area (TPSA) is 57.4 Å². The van der Waals surface area contributed by atoms with E-state index in [1.165, 1.54) is 12.1 Å². The number of nitrogens with zero attached hydrogens (tertiary/aromatic N) is 1. The Hall–Kier alpha value is -2.93. The van der Waals surface area contributed by atoms with E-state index in [-0.39, 0.29) is 11.4 Å². The average Bonchev–Trinajstić information content (AvgIpc) is 2.73. The maximum atomic E-state index is 13.3. The molecule has 3 rings (SSSR count). The number of pyridine rings is 1. The molecule has 0 spiro atoms. The number of halogens is 1. The fourth-order valence-electron chi connectivity index (χ4n) is 3.09. The first-order valence-electron chi connectivity index (χ1n) is 9.83. The quantitative estimate of drug-likeness (QED) is 0.553. The van der Waals surface area contributed by atoms with Gasteiger partial charge in [0, 0.05) is 29.6 Å². The molecule has 1 aromatic heterocycles. The molecular weight excluding hydrogens is 401 g/mol. The molecule has 0 amide bonds. The molecule has 2 aromatic carbocycles. The third kappa shape index (κ3) is 5.57. The number of thiocarbonyl (C=S) groups is 1. The molecule has 5 nitrogen and oxygen atoms in total. The van der Waals surface area contributed by atoms with Gasteiger partial charge in [-0.1, -0.05) is 26.0 Å². The van der Waals surface area contributed by atoms with Gasteiger partial charge in [-0.15, -0.1) is 0 Å². The number of nitrogens with one attached hydrogen (secondary N) is 2. The number of H-pyrrole nitrogens is 1. The summed E-state index contributed by atoms with van der Waals surface area (Å²) in [7, 11) is 1.61. The van der Waals surface area contributed by atoms with E-state index in [1.54, 1.807) is 19.2 Å². The van der Waals surface area contributed by atoms with Gasteiger partial charge in [0.25, 0.3) is 5.56 Å². The highest BCUT2D eigenvalue weighted by atomic mass is 32.1. The molecular formula is C23H26FN3O2S. The first kappa shape index (κ1) is 21.8. The normalized spacial score (nSPS) is 11.0. The van der Waals surface area contributed by atoms with Crippen molar-refractivity contribution in [2.75, 3.05) is 13.7 Å². The molecule has 1 heterocycles. The van der Waals surface area contributed by atoms with Gasteiger partial charge in [0.1, 0.15) is 11.6 Å². The molecule has 0 radical (unpaired) electrons. The second-order valence-corrected chi connectivity index (χ2v) is 8.03. The number of rotatable bonds is 7. The summed E-state index contributed by atoms with van der Waals surface area (Å²) >= 11 is 5.61. The van der Waals surface area contributed by atoms with Crippen LogP contribution in [-0.4, -0.2) is 28.7 Å². The zero-order chi connectivity index (χ0) is 21.7. The molecule has 0 unspecified atom stereocenters. The fraction of sp³-hybridized carbons (Fsp3) is 0.304. The van der Waals surface area contributed by atoms with Crippen LogP contribution in [0.4, 0.5) is 4.39 Å². The van der Waals surface area contributed by atoms with Gasteiger partial charge in [0.05, 0.1) is 13.7 Å². The maximum Gasteiger partial charge on any atom is 0.253 e. The Balaban J connectivity index is 1.90. The molecule has 3 aromatic rings. The van der Waals surface area contributed by atoms with Crippen LogP contribution in [0.2, 0.25) is 0 Å². The Morgan fingerprint density at radius 3 is 2.57 bits per heavy atom. The average molecular weight is 428 g/mol. The molecule has 0 bridgehead atoms. The monoisotopic (exact) mass is 427 g/mol. The number of hydrogen-bond donors (Lipinski definition) is 2. The molecule has 158 valence electrons. The number of aromatic amines is 1. The molecule has 0 fully saturated rings. The van der Waals surface area contributed by atoms with Crippen molar-refractivity contribution in [1.82, 2.24) is 15.2 Å². The second kappa shape index (κ2) is 9.71.